The van der Waals surface area contributed by atoms with E-state index in [1.165, 1.54) is 31.0 Å². The Labute approximate surface area is 180 Å². The number of hydrogen-bond acceptors (Lipinski definition) is 7. The lowest BCUT2D eigenvalue weighted by Gasteiger charge is -2.31. The quantitative estimate of drug-likeness (QED) is 0.626. The molecule has 0 amide bonds. The van der Waals surface area contributed by atoms with Crippen molar-refractivity contribution in [3.05, 3.63) is 51.9 Å². The number of carbonyl (C=O) groups is 2. The fourth-order valence-electron chi connectivity index (χ4n) is 3.71. The van der Waals surface area contributed by atoms with E-state index in [1.807, 2.05) is 18.2 Å². The van der Waals surface area contributed by atoms with Gasteiger partial charge in [0.15, 0.2) is 4.21 Å². The van der Waals surface area contributed by atoms with Crippen molar-refractivity contribution < 1.29 is 27.5 Å². The second-order valence-corrected chi connectivity index (χ2v) is 10.4. The smallest absolute Gasteiger partial charge is 0.348 e. The van der Waals surface area contributed by atoms with Gasteiger partial charge in [0.05, 0.1) is 19.8 Å². The monoisotopic (exact) mass is 451 g/mol. The summed E-state index contributed by atoms with van der Waals surface area (Å²) < 4.78 is 37.5. The van der Waals surface area contributed by atoms with Gasteiger partial charge in [-0.3, -0.25) is 0 Å². The van der Waals surface area contributed by atoms with Crippen molar-refractivity contribution in [1.29, 1.82) is 0 Å². The van der Waals surface area contributed by atoms with Gasteiger partial charge in [-0.25, -0.2) is 18.0 Å². The summed E-state index contributed by atoms with van der Waals surface area (Å²) in [6, 6.07) is 10.1. The average Bonchev–Trinajstić information content (AvgIpc) is 3.11. The summed E-state index contributed by atoms with van der Waals surface area (Å²) in [4.78, 5) is 24.5. The molecule has 7 nitrogen and oxygen atoms in total. The number of thiophene rings is 1. The molecule has 2 heterocycles. The van der Waals surface area contributed by atoms with Gasteiger partial charge in [0.2, 0.25) is 0 Å². The fourth-order valence-corrected chi connectivity index (χ4v) is 7.07. The summed E-state index contributed by atoms with van der Waals surface area (Å²) in [5, 5.41) is 0. The zero-order valence-electron chi connectivity index (χ0n) is 17.2. The Balaban J connectivity index is 1.83. The lowest BCUT2D eigenvalue weighted by atomic mass is 9.91. The summed E-state index contributed by atoms with van der Waals surface area (Å²) in [7, 11) is -1.55. The molecule has 2 aromatic rings. The molecule has 1 aromatic heterocycles. The molecule has 0 bridgehead atoms. The predicted molar refractivity (Wildman–Crippen MR) is 113 cm³/mol. The molecule has 3 rings (SSSR count). The van der Waals surface area contributed by atoms with E-state index in [9.17, 15) is 18.0 Å². The highest BCUT2D eigenvalue weighted by molar-refractivity contribution is 7.91. The lowest BCUT2D eigenvalue weighted by Crippen LogP contribution is -2.39. The number of sulfonamides is 1. The van der Waals surface area contributed by atoms with Crippen LogP contribution >= 0.6 is 11.3 Å². The van der Waals surface area contributed by atoms with Gasteiger partial charge in [0, 0.05) is 13.1 Å². The van der Waals surface area contributed by atoms with E-state index in [1.54, 1.807) is 0 Å². The van der Waals surface area contributed by atoms with Crippen LogP contribution in [0.25, 0.3) is 0 Å². The second-order valence-electron chi connectivity index (χ2n) is 7.24. The van der Waals surface area contributed by atoms with E-state index in [0.29, 0.717) is 19.0 Å². The van der Waals surface area contributed by atoms with Crippen molar-refractivity contribution in [3.63, 3.8) is 0 Å². The highest BCUT2D eigenvalue weighted by Crippen LogP contribution is 2.36. The molecule has 0 radical (unpaired) electrons. The van der Waals surface area contributed by atoms with Gasteiger partial charge < -0.3 is 9.47 Å². The van der Waals surface area contributed by atoms with Crippen LogP contribution in [0, 0.1) is 12.8 Å². The molecule has 0 saturated carbocycles. The van der Waals surface area contributed by atoms with E-state index < -0.39 is 22.0 Å². The van der Waals surface area contributed by atoms with Gasteiger partial charge in [0.25, 0.3) is 10.0 Å². The molecule has 1 saturated heterocycles. The van der Waals surface area contributed by atoms with Crippen LogP contribution in [0.3, 0.4) is 0 Å². The van der Waals surface area contributed by atoms with Crippen LogP contribution < -0.4 is 0 Å². The Hall–Kier alpha value is -2.23. The van der Waals surface area contributed by atoms with Crippen LogP contribution in [-0.4, -0.2) is 52.0 Å². The standard InChI is InChI=1S/C21H25NO6S2/c1-14-17(19(23)27-2)21(29-18(14)20(24)28-3)30(25,26)22-11-9-16(10-12-22)13-15-7-5-4-6-8-15/h4-8,16H,9-13H2,1-3H3. The minimum absolute atomic E-state index is 0.0886. The predicted octanol–water partition coefficient (Wildman–Crippen LogP) is 3.27. The van der Waals surface area contributed by atoms with E-state index in [4.69, 9.17) is 9.47 Å². The number of piperidine rings is 1. The first kappa shape index (κ1) is 22.5. The van der Waals surface area contributed by atoms with Gasteiger partial charge in [-0.05, 0) is 43.2 Å². The molecule has 0 N–H and O–H groups in total. The summed E-state index contributed by atoms with van der Waals surface area (Å²) in [5.74, 6) is -1.06. The molecule has 0 atom stereocenters. The highest BCUT2D eigenvalue weighted by atomic mass is 32.2. The zero-order chi connectivity index (χ0) is 21.9. The third-order valence-corrected chi connectivity index (χ3v) is 9.06. The summed E-state index contributed by atoms with van der Waals surface area (Å²) >= 11 is 0.762. The van der Waals surface area contributed by atoms with Crippen molar-refractivity contribution >= 4 is 33.3 Å². The number of ether oxygens (including phenoxy) is 2. The largest absolute Gasteiger partial charge is 0.465 e. The first-order chi connectivity index (χ1) is 14.3. The van der Waals surface area contributed by atoms with Gasteiger partial charge in [-0.2, -0.15) is 4.31 Å². The second kappa shape index (κ2) is 9.28. The van der Waals surface area contributed by atoms with Crippen LogP contribution in [0.1, 0.15) is 44.0 Å². The van der Waals surface area contributed by atoms with Crippen molar-refractivity contribution in [2.24, 2.45) is 5.92 Å². The summed E-state index contributed by atoms with van der Waals surface area (Å²) in [6.45, 7) is 2.26. The maximum Gasteiger partial charge on any atom is 0.348 e. The molecule has 0 spiro atoms. The van der Waals surface area contributed by atoms with Gasteiger partial charge in [-0.15, -0.1) is 11.3 Å². The number of carbonyl (C=O) groups excluding carboxylic acids is 2. The maximum atomic E-state index is 13.3. The van der Waals surface area contributed by atoms with E-state index >= 15 is 0 Å². The van der Waals surface area contributed by atoms with Crippen LogP contribution in [0.4, 0.5) is 0 Å². The van der Waals surface area contributed by atoms with Crippen LogP contribution in [-0.2, 0) is 25.9 Å². The van der Waals surface area contributed by atoms with Crippen LogP contribution in [0.2, 0.25) is 0 Å². The first-order valence-corrected chi connectivity index (χ1v) is 11.9. The topological polar surface area (TPSA) is 90.0 Å². The Morgan fingerprint density at radius 2 is 1.67 bits per heavy atom. The lowest BCUT2D eigenvalue weighted by molar-refractivity contribution is 0.0596. The van der Waals surface area contributed by atoms with Crippen LogP contribution in [0.5, 0.6) is 0 Å². The number of nitrogens with zero attached hydrogens (tertiary/aromatic N) is 1. The maximum absolute atomic E-state index is 13.3. The number of methoxy groups -OCH3 is 2. The van der Waals surface area contributed by atoms with Crippen LogP contribution in [0.15, 0.2) is 34.5 Å². The number of benzene rings is 1. The minimum atomic E-state index is -3.94. The molecule has 1 aliphatic rings. The molecular formula is C21H25NO6S2. The van der Waals surface area contributed by atoms with Gasteiger partial charge in [-0.1, -0.05) is 30.3 Å². The van der Waals surface area contributed by atoms with E-state index in [-0.39, 0.29) is 20.2 Å². The molecule has 0 aliphatic carbocycles. The molecule has 1 aromatic carbocycles. The molecule has 1 aliphatic heterocycles. The third kappa shape index (κ3) is 4.43. The zero-order valence-corrected chi connectivity index (χ0v) is 18.8. The SMILES string of the molecule is COC(=O)c1sc(S(=O)(=O)N2CCC(Cc3ccccc3)CC2)c(C(=O)OC)c1C. The van der Waals surface area contributed by atoms with Crippen molar-refractivity contribution in [1.82, 2.24) is 4.31 Å². The first-order valence-electron chi connectivity index (χ1n) is 9.63. The Kier molecular flexibility index (Phi) is 6.95. The van der Waals surface area contributed by atoms with Crippen molar-refractivity contribution in [2.45, 2.75) is 30.4 Å². The average molecular weight is 452 g/mol. The molecule has 1 fully saturated rings. The number of rotatable bonds is 6. The summed E-state index contributed by atoms with van der Waals surface area (Å²) in [6.07, 6.45) is 2.37. The number of esters is 2. The highest BCUT2D eigenvalue weighted by Gasteiger charge is 2.37. The minimum Gasteiger partial charge on any atom is -0.465 e. The van der Waals surface area contributed by atoms with Gasteiger partial charge in [0.1, 0.15) is 4.88 Å². The molecule has 30 heavy (non-hydrogen) atoms. The van der Waals surface area contributed by atoms with Crippen molar-refractivity contribution in [3.8, 4) is 0 Å². The van der Waals surface area contributed by atoms with Crippen molar-refractivity contribution in [2.75, 3.05) is 27.3 Å². The van der Waals surface area contributed by atoms with E-state index in [0.717, 1.165) is 30.6 Å². The Bertz CT molecular complexity index is 1020. The molecule has 0 unspecified atom stereocenters. The Morgan fingerprint density at radius 3 is 2.23 bits per heavy atom. The molecule has 9 heteroatoms. The molecule has 162 valence electrons. The van der Waals surface area contributed by atoms with Gasteiger partial charge >= 0.3 is 11.9 Å². The third-order valence-electron chi connectivity index (χ3n) is 5.39. The molecular weight excluding hydrogens is 426 g/mol. The normalized spacial score (nSPS) is 15.7. The van der Waals surface area contributed by atoms with E-state index in [2.05, 4.69) is 12.1 Å². The fraction of sp³-hybridized carbons (Fsp3) is 0.429. The number of hydrogen-bond donors (Lipinski definition) is 0. The Morgan fingerprint density at radius 1 is 1.07 bits per heavy atom. The summed E-state index contributed by atoms with van der Waals surface area (Å²) in [5.41, 5.74) is 1.41.